The Kier molecular flexibility index (Phi) is 10.7. The van der Waals surface area contributed by atoms with Gasteiger partial charge in [0.2, 0.25) is 0 Å². The quantitative estimate of drug-likeness (QED) is 0.163. The van der Waals surface area contributed by atoms with Crippen molar-refractivity contribution in [1.29, 1.82) is 0 Å². The SMILES string of the molecule is CCOC(=O)C(C)(C)CC(Oc1ccc2[nH]cc(SC(C)(C)C)c2c1)C(Cc1ccc(Cl)cc1)C1CCCCN1C(=O)O. The number of thioether (sulfide) groups is 1. The second-order valence-corrected chi connectivity index (χ2v) is 15.4. The Hall–Kier alpha value is -2.84. The lowest BCUT2D eigenvalue weighted by atomic mass is 9.76. The number of hydrogen-bond acceptors (Lipinski definition) is 5. The van der Waals surface area contributed by atoms with Gasteiger partial charge in [0.1, 0.15) is 11.9 Å². The molecule has 3 atom stereocenters. The molecular weight excluding hydrogens is 584 g/mol. The van der Waals surface area contributed by atoms with Crippen molar-refractivity contribution in [3.05, 3.63) is 59.2 Å². The second kappa shape index (κ2) is 13.9. The fourth-order valence-corrected chi connectivity index (χ4v) is 7.16. The number of H-pyrrole nitrogens is 1. The number of carbonyl (C=O) groups excluding carboxylic acids is 1. The van der Waals surface area contributed by atoms with E-state index in [1.54, 1.807) is 23.6 Å². The van der Waals surface area contributed by atoms with E-state index in [9.17, 15) is 14.7 Å². The van der Waals surface area contributed by atoms with E-state index in [1.165, 1.54) is 0 Å². The molecule has 3 aromatic rings. The number of benzene rings is 2. The number of esters is 1. The Bertz CT molecular complexity index is 1400. The van der Waals surface area contributed by atoms with Gasteiger partial charge in [0.25, 0.3) is 0 Å². The standard InChI is InChI=1S/C34H45ClN2O5S/c1-7-41-31(38)34(5,6)20-29(42-24-15-16-27-25(19-24)30(21-36-27)43-33(2,3)4)26(18-22-11-13-23(35)14-12-22)28-10-8-9-17-37(28)32(39)40/h11-16,19,21,26,28-29,36H,7-10,17-18,20H2,1-6H3,(H,39,40). The third-order valence-corrected chi connectivity index (χ3v) is 9.43. The van der Waals surface area contributed by atoms with Crippen molar-refractivity contribution in [2.24, 2.45) is 11.3 Å². The minimum Gasteiger partial charge on any atom is -0.490 e. The predicted molar refractivity (Wildman–Crippen MR) is 174 cm³/mol. The maximum Gasteiger partial charge on any atom is 0.407 e. The summed E-state index contributed by atoms with van der Waals surface area (Å²) < 4.78 is 12.4. The van der Waals surface area contributed by atoms with Gasteiger partial charge in [-0.05, 0) is 82.3 Å². The van der Waals surface area contributed by atoms with Crippen molar-refractivity contribution < 1.29 is 24.2 Å². The first-order chi connectivity index (χ1) is 20.3. The van der Waals surface area contributed by atoms with Gasteiger partial charge in [-0.25, -0.2) is 4.79 Å². The van der Waals surface area contributed by atoms with Gasteiger partial charge in [-0.15, -0.1) is 11.8 Å². The zero-order valence-electron chi connectivity index (χ0n) is 26.1. The summed E-state index contributed by atoms with van der Waals surface area (Å²) in [7, 11) is 0. The van der Waals surface area contributed by atoms with Gasteiger partial charge in [-0.1, -0.05) is 44.5 Å². The molecule has 7 nitrogen and oxygen atoms in total. The highest BCUT2D eigenvalue weighted by atomic mass is 35.5. The maximum absolute atomic E-state index is 13.1. The van der Waals surface area contributed by atoms with Crippen LogP contribution in [0.25, 0.3) is 10.9 Å². The maximum atomic E-state index is 13.1. The van der Waals surface area contributed by atoms with Crippen molar-refractivity contribution in [3.8, 4) is 5.75 Å². The molecule has 9 heteroatoms. The lowest BCUT2D eigenvalue weighted by molar-refractivity contribution is -0.155. The summed E-state index contributed by atoms with van der Waals surface area (Å²) in [6, 6.07) is 13.4. The van der Waals surface area contributed by atoms with Gasteiger partial charge in [-0.2, -0.15) is 0 Å². The molecule has 4 rings (SSSR count). The van der Waals surface area contributed by atoms with Crippen molar-refractivity contribution in [2.75, 3.05) is 13.2 Å². The van der Waals surface area contributed by atoms with Crippen molar-refractivity contribution in [3.63, 3.8) is 0 Å². The highest BCUT2D eigenvalue weighted by molar-refractivity contribution is 8.00. The highest BCUT2D eigenvalue weighted by Gasteiger charge is 2.43. The molecule has 2 heterocycles. The molecule has 1 aromatic heterocycles. The summed E-state index contributed by atoms with van der Waals surface area (Å²) in [6.07, 6.45) is 4.06. The molecule has 3 unspecified atom stereocenters. The van der Waals surface area contributed by atoms with E-state index in [2.05, 4.69) is 31.8 Å². The number of aromatic nitrogens is 1. The number of amides is 1. The first kappa shape index (κ1) is 33.1. The minimum absolute atomic E-state index is 0.0309. The number of likely N-dealkylation sites (tertiary alicyclic amines) is 1. The summed E-state index contributed by atoms with van der Waals surface area (Å²) in [5, 5.41) is 11.9. The number of nitrogens with one attached hydrogen (secondary N) is 1. The van der Waals surface area contributed by atoms with Crippen LogP contribution in [0.4, 0.5) is 4.79 Å². The third-order valence-electron chi connectivity index (χ3n) is 8.01. The van der Waals surface area contributed by atoms with E-state index >= 15 is 0 Å². The summed E-state index contributed by atoms with van der Waals surface area (Å²) in [5.41, 5.74) is 1.20. The molecule has 1 amide bonds. The van der Waals surface area contributed by atoms with Crippen molar-refractivity contribution >= 4 is 46.3 Å². The molecular formula is C34H45ClN2O5S. The number of ether oxygens (including phenoxy) is 2. The van der Waals surface area contributed by atoms with Crippen LogP contribution < -0.4 is 4.74 Å². The Morgan fingerprint density at radius 1 is 1.12 bits per heavy atom. The van der Waals surface area contributed by atoms with Crippen LogP contribution in [0, 0.1) is 11.3 Å². The first-order valence-electron chi connectivity index (χ1n) is 15.2. The number of carbonyl (C=O) groups is 2. The fourth-order valence-electron chi connectivity index (χ4n) is 5.98. The van der Waals surface area contributed by atoms with Gasteiger partial charge in [0.15, 0.2) is 0 Å². The summed E-state index contributed by atoms with van der Waals surface area (Å²) in [5.74, 6) is 0.167. The minimum atomic E-state index is -0.924. The summed E-state index contributed by atoms with van der Waals surface area (Å²) in [6.45, 7) is 12.9. The molecule has 2 aromatic carbocycles. The number of hydrogen-bond donors (Lipinski definition) is 2. The molecule has 0 bridgehead atoms. The normalized spacial score (nSPS) is 17.5. The number of piperidine rings is 1. The molecule has 1 aliphatic heterocycles. The molecule has 1 saturated heterocycles. The van der Waals surface area contributed by atoms with E-state index in [0.717, 1.165) is 40.6 Å². The lowest BCUT2D eigenvalue weighted by Gasteiger charge is -2.43. The van der Waals surface area contributed by atoms with E-state index < -0.39 is 17.6 Å². The molecule has 0 saturated carbocycles. The molecule has 0 aliphatic carbocycles. The van der Waals surface area contributed by atoms with Crippen LogP contribution in [-0.4, -0.2) is 57.1 Å². The lowest BCUT2D eigenvalue weighted by Crippen LogP contribution is -2.52. The fraction of sp³-hybridized carbons (Fsp3) is 0.529. The van der Waals surface area contributed by atoms with Gasteiger partial charge in [-0.3, -0.25) is 4.79 Å². The number of rotatable bonds is 11. The Morgan fingerprint density at radius 3 is 2.49 bits per heavy atom. The molecule has 1 aliphatic rings. The van der Waals surface area contributed by atoms with E-state index in [-0.39, 0.29) is 29.3 Å². The van der Waals surface area contributed by atoms with Gasteiger partial charge in [0.05, 0.1) is 12.0 Å². The van der Waals surface area contributed by atoms with Gasteiger partial charge in [0, 0.05) is 56.7 Å². The number of fused-ring (bicyclic) bond motifs is 1. The molecule has 0 radical (unpaired) electrons. The average Bonchev–Trinajstić information content (AvgIpc) is 3.32. The highest BCUT2D eigenvalue weighted by Crippen LogP contribution is 2.40. The molecule has 234 valence electrons. The third kappa shape index (κ3) is 8.63. The Labute approximate surface area is 264 Å². The van der Waals surface area contributed by atoms with Gasteiger partial charge >= 0.3 is 12.1 Å². The van der Waals surface area contributed by atoms with Crippen LogP contribution in [0.2, 0.25) is 5.02 Å². The van der Waals surface area contributed by atoms with Crippen LogP contribution >= 0.6 is 23.4 Å². The van der Waals surface area contributed by atoms with Crippen LogP contribution in [0.15, 0.2) is 53.6 Å². The zero-order valence-corrected chi connectivity index (χ0v) is 27.7. The van der Waals surface area contributed by atoms with E-state index in [1.807, 2.05) is 56.4 Å². The summed E-state index contributed by atoms with van der Waals surface area (Å²) in [4.78, 5) is 31.7. The van der Waals surface area contributed by atoms with Crippen LogP contribution in [0.5, 0.6) is 5.75 Å². The Balaban J connectivity index is 1.78. The van der Waals surface area contributed by atoms with Crippen LogP contribution in [-0.2, 0) is 16.0 Å². The van der Waals surface area contributed by atoms with Crippen LogP contribution in [0.1, 0.15) is 72.8 Å². The van der Waals surface area contributed by atoms with Crippen LogP contribution in [0.3, 0.4) is 0 Å². The van der Waals surface area contributed by atoms with Gasteiger partial charge < -0.3 is 24.5 Å². The predicted octanol–water partition coefficient (Wildman–Crippen LogP) is 8.83. The number of carboxylic acid groups (broad SMARTS) is 1. The topological polar surface area (TPSA) is 91.9 Å². The first-order valence-corrected chi connectivity index (χ1v) is 16.3. The molecule has 1 fully saturated rings. The van der Waals surface area contributed by atoms with Crippen molar-refractivity contribution in [2.45, 2.75) is 95.4 Å². The molecule has 2 N–H and O–H groups in total. The van der Waals surface area contributed by atoms with E-state index in [0.29, 0.717) is 30.2 Å². The largest absolute Gasteiger partial charge is 0.490 e. The smallest absolute Gasteiger partial charge is 0.407 e. The zero-order chi connectivity index (χ0) is 31.4. The average molecular weight is 629 g/mol. The number of nitrogens with zero attached hydrogens (tertiary/aromatic N) is 1. The molecule has 0 spiro atoms. The monoisotopic (exact) mass is 628 g/mol. The number of halogens is 1. The molecule has 43 heavy (non-hydrogen) atoms. The van der Waals surface area contributed by atoms with E-state index in [4.69, 9.17) is 21.1 Å². The summed E-state index contributed by atoms with van der Waals surface area (Å²) >= 11 is 8.00. The second-order valence-electron chi connectivity index (χ2n) is 13.1. The number of aromatic amines is 1. The Morgan fingerprint density at radius 2 is 1.84 bits per heavy atom. The van der Waals surface area contributed by atoms with Crippen molar-refractivity contribution in [1.82, 2.24) is 9.88 Å².